The van der Waals surface area contributed by atoms with Crippen LogP contribution in [0.3, 0.4) is 0 Å². The standard InChI is InChI=1S/C13H11F2NO.ClH/c14-11-6-10(7-12(15)8-11)13(17-16)9-4-2-1-3-5-9;/h1-8,13H,16H2;1H. The first-order chi connectivity index (χ1) is 8.20. The molecule has 0 aliphatic carbocycles. The first-order valence-electron chi connectivity index (χ1n) is 5.07. The van der Waals surface area contributed by atoms with Gasteiger partial charge in [0.2, 0.25) is 0 Å². The quantitative estimate of drug-likeness (QED) is 0.869. The van der Waals surface area contributed by atoms with Gasteiger partial charge in [-0.2, -0.15) is 0 Å². The van der Waals surface area contributed by atoms with Gasteiger partial charge in [0.15, 0.2) is 0 Å². The van der Waals surface area contributed by atoms with E-state index in [1.54, 1.807) is 24.3 Å². The summed E-state index contributed by atoms with van der Waals surface area (Å²) in [5.41, 5.74) is 1.08. The summed E-state index contributed by atoms with van der Waals surface area (Å²) in [6.07, 6.45) is -0.679. The van der Waals surface area contributed by atoms with Crippen molar-refractivity contribution in [3.05, 3.63) is 71.3 Å². The predicted molar refractivity (Wildman–Crippen MR) is 67.2 cm³/mol. The number of nitrogens with two attached hydrogens (primary N) is 1. The fourth-order valence-electron chi connectivity index (χ4n) is 1.70. The van der Waals surface area contributed by atoms with Crippen molar-refractivity contribution >= 4 is 12.4 Å². The number of hydrogen-bond acceptors (Lipinski definition) is 2. The van der Waals surface area contributed by atoms with Crippen LogP contribution in [0.5, 0.6) is 0 Å². The molecule has 2 rings (SSSR count). The second kappa shape index (κ2) is 6.44. The maximum atomic E-state index is 13.1. The molecule has 1 unspecified atom stereocenters. The van der Waals surface area contributed by atoms with Crippen molar-refractivity contribution < 1.29 is 13.6 Å². The summed E-state index contributed by atoms with van der Waals surface area (Å²) in [4.78, 5) is 4.80. The summed E-state index contributed by atoms with van der Waals surface area (Å²) in [7, 11) is 0. The van der Waals surface area contributed by atoms with Crippen LogP contribution >= 0.6 is 12.4 Å². The van der Waals surface area contributed by atoms with E-state index in [2.05, 4.69) is 0 Å². The Kier molecular flexibility index (Phi) is 5.22. The van der Waals surface area contributed by atoms with Gasteiger partial charge in [-0.1, -0.05) is 30.3 Å². The Morgan fingerprint density at radius 3 is 1.94 bits per heavy atom. The van der Waals surface area contributed by atoms with E-state index in [0.717, 1.165) is 11.6 Å². The topological polar surface area (TPSA) is 35.2 Å². The summed E-state index contributed by atoms with van der Waals surface area (Å²) in [5, 5.41) is 0. The van der Waals surface area contributed by atoms with Crippen LogP contribution in [0.25, 0.3) is 0 Å². The third-order valence-corrected chi connectivity index (χ3v) is 2.43. The van der Waals surface area contributed by atoms with E-state index in [4.69, 9.17) is 10.7 Å². The Labute approximate surface area is 110 Å². The van der Waals surface area contributed by atoms with Gasteiger partial charge in [0.05, 0.1) is 0 Å². The van der Waals surface area contributed by atoms with E-state index < -0.39 is 17.7 Å². The van der Waals surface area contributed by atoms with Gasteiger partial charge in [-0.25, -0.2) is 14.7 Å². The van der Waals surface area contributed by atoms with Gasteiger partial charge in [-0.05, 0) is 23.3 Å². The SMILES string of the molecule is Cl.NOC(c1ccccc1)c1cc(F)cc(F)c1. The minimum atomic E-state index is -0.679. The van der Waals surface area contributed by atoms with Crippen molar-refractivity contribution in [2.45, 2.75) is 6.10 Å². The Morgan fingerprint density at radius 1 is 0.889 bits per heavy atom. The molecule has 0 radical (unpaired) electrons. The molecular formula is C13H12ClF2NO. The Hall–Kier alpha value is -1.49. The summed E-state index contributed by atoms with van der Waals surface area (Å²) >= 11 is 0. The molecule has 0 saturated heterocycles. The predicted octanol–water partition coefficient (Wildman–Crippen LogP) is 3.37. The van der Waals surface area contributed by atoms with Gasteiger partial charge >= 0.3 is 0 Å². The van der Waals surface area contributed by atoms with Crippen LogP contribution in [0.15, 0.2) is 48.5 Å². The lowest BCUT2D eigenvalue weighted by Gasteiger charge is -2.15. The highest BCUT2D eigenvalue weighted by atomic mass is 35.5. The molecule has 2 aromatic rings. The second-order valence-electron chi connectivity index (χ2n) is 3.63. The molecule has 0 aliphatic heterocycles. The molecule has 5 heteroatoms. The highest BCUT2D eigenvalue weighted by Crippen LogP contribution is 2.25. The lowest BCUT2D eigenvalue weighted by molar-refractivity contribution is 0.0809. The summed E-state index contributed by atoms with van der Waals surface area (Å²) in [6.45, 7) is 0. The Morgan fingerprint density at radius 2 is 1.44 bits per heavy atom. The van der Waals surface area contributed by atoms with E-state index in [1.807, 2.05) is 6.07 Å². The van der Waals surface area contributed by atoms with Gasteiger partial charge in [0.1, 0.15) is 17.7 Å². The van der Waals surface area contributed by atoms with Crippen molar-refractivity contribution in [2.24, 2.45) is 5.90 Å². The second-order valence-corrected chi connectivity index (χ2v) is 3.63. The maximum absolute atomic E-state index is 13.1. The van der Waals surface area contributed by atoms with Crippen LogP contribution in [-0.2, 0) is 4.84 Å². The lowest BCUT2D eigenvalue weighted by atomic mass is 10.0. The van der Waals surface area contributed by atoms with E-state index >= 15 is 0 Å². The highest BCUT2D eigenvalue weighted by molar-refractivity contribution is 5.85. The van der Waals surface area contributed by atoms with Crippen LogP contribution in [0.2, 0.25) is 0 Å². The van der Waals surface area contributed by atoms with Gasteiger partial charge < -0.3 is 0 Å². The first kappa shape index (κ1) is 14.6. The van der Waals surface area contributed by atoms with E-state index in [-0.39, 0.29) is 12.4 Å². The lowest BCUT2D eigenvalue weighted by Crippen LogP contribution is -2.11. The van der Waals surface area contributed by atoms with Crippen LogP contribution < -0.4 is 5.90 Å². The minimum absolute atomic E-state index is 0. The third kappa shape index (κ3) is 3.26. The molecule has 0 aliphatic rings. The highest BCUT2D eigenvalue weighted by Gasteiger charge is 2.15. The number of rotatable bonds is 3. The number of halogens is 3. The molecule has 0 saturated carbocycles. The van der Waals surface area contributed by atoms with E-state index in [0.29, 0.717) is 5.56 Å². The molecule has 0 fully saturated rings. The fraction of sp³-hybridized carbons (Fsp3) is 0.0769. The Bertz CT molecular complexity index is 487. The normalized spacial score (nSPS) is 11.7. The zero-order chi connectivity index (χ0) is 12.3. The average Bonchev–Trinajstić information content (AvgIpc) is 2.30. The number of hydrogen-bond donors (Lipinski definition) is 1. The molecule has 1 atom stereocenters. The third-order valence-electron chi connectivity index (χ3n) is 2.43. The van der Waals surface area contributed by atoms with Crippen molar-refractivity contribution in [3.63, 3.8) is 0 Å². The maximum Gasteiger partial charge on any atom is 0.129 e. The summed E-state index contributed by atoms with van der Waals surface area (Å²) in [6, 6.07) is 12.2. The van der Waals surface area contributed by atoms with Gasteiger partial charge in [-0.3, -0.25) is 4.84 Å². The molecular weight excluding hydrogens is 260 g/mol. The molecule has 18 heavy (non-hydrogen) atoms. The fourth-order valence-corrected chi connectivity index (χ4v) is 1.70. The van der Waals surface area contributed by atoms with Crippen molar-refractivity contribution in [3.8, 4) is 0 Å². The molecule has 0 bridgehead atoms. The van der Waals surface area contributed by atoms with E-state index in [1.165, 1.54) is 12.1 Å². The molecule has 96 valence electrons. The summed E-state index contributed by atoms with van der Waals surface area (Å²) < 4.78 is 26.2. The van der Waals surface area contributed by atoms with Crippen molar-refractivity contribution in [1.29, 1.82) is 0 Å². The molecule has 0 spiro atoms. The smallest absolute Gasteiger partial charge is 0.129 e. The zero-order valence-electron chi connectivity index (χ0n) is 9.35. The summed E-state index contributed by atoms with van der Waals surface area (Å²) in [5.74, 6) is 3.88. The molecule has 2 N–H and O–H groups in total. The Balaban J connectivity index is 0.00000162. The van der Waals surface area contributed by atoms with E-state index in [9.17, 15) is 8.78 Å². The largest absolute Gasteiger partial charge is 0.292 e. The van der Waals surface area contributed by atoms with Gasteiger partial charge in [0.25, 0.3) is 0 Å². The number of benzene rings is 2. The minimum Gasteiger partial charge on any atom is -0.292 e. The van der Waals surface area contributed by atoms with Crippen molar-refractivity contribution in [1.82, 2.24) is 0 Å². The molecule has 0 amide bonds. The molecule has 0 aromatic heterocycles. The van der Waals surface area contributed by atoms with Crippen LogP contribution in [0, 0.1) is 11.6 Å². The van der Waals surface area contributed by atoms with Crippen LogP contribution in [-0.4, -0.2) is 0 Å². The van der Waals surface area contributed by atoms with Crippen LogP contribution in [0.4, 0.5) is 8.78 Å². The first-order valence-corrected chi connectivity index (χ1v) is 5.07. The van der Waals surface area contributed by atoms with Crippen molar-refractivity contribution in [2.75, 3.05) is 0 Å². The van der Waals surface area contributed by atoms with Gasteiger partial charge in [0, 0.05) is 6.07 Å². The molecule has 0 heterocycles. The molecule has 2 aromatic carbocycles. The zero-order valence-corrected chi connectivity index (χ0v) is 10.2. The molecule has 2 nitrogen and oxygen atoms in total. The average molecular weight is 272 g/mol. The van der Waals surface area contributed by atoms with Crippen LogP contribution in [0.1, 0.15) is 17.2 Å². The van der Waals surface area contributed by atoms with Gasteiger partial charge in [-0.15, -0.1) is 12.4 Å². The monoisotopic (exact) mass is 271 g/mol.